The Balaban J connectivity index is 1.85. The summed E-state index contributed by atoms with van der Waals surface area (Å²) < 4.78 is 0. The lowest BCUT2D eigenvalue weighted by Gasteiger charge is -2.28. The Morgan fingerprint density at radius 1 is 0.679 bits per heavy atom. The van der Waals surface area contributed by atoms with Gasteiger partial charge in [0.25, 0.3) is 0 Å². The zero-order chi connectivity index (χ0) is 41.4. The number of nitrogens with two attached hydrogens (primary N) is 2. The van der Waals surface area contributed by atoms with Crippen LogP contribution < -0.4 is 38.1 Å². The summed E-state index contributed by atoms with van der Waals surface area (Å²) >= 11 is 0. The van der Waals surface area contributed by atoms with E-state index in [-0.39, 0.29) is 32.1 Å². The molecule has 17 nitrogen and oxygen atoms in total. The predicted octanol–water partition coefficient (Wildman–Crippen LogP) is 0.459. The minimum absolute atomic E-state index is 0.00481. The van der Waals surface area contributed by atoms with Gasteiger partial charge in [-0.25, -0.2) is 0 Å². The van der Waals surface area contributed by atoms with Crippen LogP contribution in [-0.2, 0) is 46.4 Å². The Labute approximate surface area is 325 Å². The second-order valence-electron chi connectivity index (χ2n) is 14.1. The number of carboxylic acids is 2. The number of amides is 5. The molecule has 5 amide bonds. The molecule has 56 heavy (non-hydrogen) atoms. The number of unbranched alkanes of at least 4 members (excludes halogenated alkanes) is 1. The highest BCUT2D eigenvalue weighted by atomic mass is 16.4. The number of para-hydroxylation sites is 1. The van der Waals surface area contributed by atoms with E-state index in [9.17, 15) is 38.7 Å². The van der Waals surface area contributed by atoms with Crippen molar-refractivity contribution in [3.8, 4) is 0 Å². The molecule has 12 N–H and O–H groups in total. The summed E-state index contributed by atoms with van der Waals surface area (Å²) in [5, 5.41) is 32.4. The van der Waals surface area contributed by atoms with Crippen molar-refractivity contribution in [2.75, 3.05) is 6.54 Å². The first-order valence-corrected chi connectivity index (χ1v) is 18.6. The molecule has 0 spiro atoms. The smallest absolute Gasteiger partial charge is 0.325 e. The van der Waals surface area contributed by atoms with Crippen molar-refractivity contribution in [3.63, 3.8) is 0 Å². The van der Waals surface area contributed by atoms with Crippen molar-refractivity contribution in [2.45, 2.75) is 102 Å². The number of hydrogen-bond acceptors (Lipinski definition) is 9. The van der Waals surface area contributed by atoms with Gasteiger partial charge in [-0.15, -0.1) is 0 Å². The standard InChI is InChI=1S/C39H54N8O9/c1-22(2)33(47-37(53)31(45-34(50)27(41)16-17-32(48)49)20-25-21-42-28-14-8-7-13-26(25)28)38(54)44-29(15-9-10-18-40)35(51)46-30(19-24-11-5-4-6-12-24)36(52)43-23(3)39(55)56/h4-8,11-14,21-23,27,29-31,33,42H,9-10,15-20,40-41H2,1-3H3,(H,43,52)(H,44,54)(H,45,50)(H,46,51)(H,47,53)(H,48,49)(H,55,56)/t23-,27-,29-,30-,31-,33-/m0/s1. The lowest BCUT2D eigenvalue weighted by molar-refractivity contribution is -0.142. The summed E-state index contributed by atoms with van der Waals surface area (Å²) in [5.41, 5.74) is 13.8. The molecule has 0 saturated heterocycles. The number of benzene rings is 2. The van der Waals surface area contributed by atoms with Crippen LogP contribution in [0.25, 0.3) is 10.9 Å². The molecule has 0 bridgehead atoms. The summed E-state index contributed by atoms with van der Waals surface area (Å²) in [6.07, 6.45) is 2.29. The van der Waals surface area contributed by atoms with Crippen LogP contribution >= 0.6 is 0 Å². The van der Waals surface area contributed by atoms with E-state index < -0.39 is 83.6 Å². The van der Waals surface area contributed by atoms with Crippen LogP contribution in [0.2, 0.25) is 0 Å². The van der Waals surface area contributed by atoms with Gasteiger partial charge in [0.15, 0.2) is 0 Å². The van der Waals surface area contributed by atoms with Crippen LogP contribution in [0.5, 0.6) is 0 Å². The monoisotopic (exact) mass is 778 g/mol. The topological polar surface area (TPSA) is 288 Å². The first kappa shape index (κ1) is 44.6. The average Bonchev–Trinajstić information content (AvgIpc) is 3.57. The molecular weight excluding hydrogens is 724 g/mol. The molecule has 17 heteroatoms. The van der Waals surface area contributed by atoms with Crippen LogP contribution in [0.15, 0.2) is 60.8 Å². The molecule has 3 aromatic rings. The Morgan fingerprint density at radius 3 is 1.91 bits per heavy atom. The Bertz CT molecular complexity index is 1820. The number of H-pyrrole nitrogens is 1. The minimum Gasteiger partial charge on any atom is -0.481 e. The Hall–Kier alpha value is -5.81. The number of carboxylic acid groups (broad SMARTS) is 2. The van der Waals surface area contributed by atoms with Gasteiger partial charge < -0.3 is 53.2 Å². The number of nitrogens with one attached hydrogen (secondary N) is 6. The number of aliphatic carboxylic acids is 2. The van der Waals surface area contributed by atoms with Crippen LogP contribution in [0, 0.1) is 5.92 Å². The van der Waals surface area contributed by atoms with Gasteiger partial charge in [-0.1, -0.05) is 62.4 Å². The van der Waals surface area contributed by atoms with E-state index in [0.717, 1.165) is 10.9 Å². The Kier molecular flexibility index (Phi) is 17.5. The second-order valence-corrected chi connectivity index (χ2v) is 14.1. The second kappa shape index (κ2) is 21.9. The predicted molar refractivity (Wildman–Crippen MR) is 208 cm³/mol. The molecule has 0 aliphatic rings. The molecule has 0 fully saturated rings. The third-order valence-corrected chi connectivity index (χ3v) is 9.21. The first-order chi connectivity index (χ1) is 26.6. The molecule has 0 unspecified atom stereocenters. The third-order valence-electron chi connectivity index (χ3n) is 9.21. The molecule has 304 valence electrons. The summed E-state index contributed by atoms with van der Waals surface area (Å²) in [7, 11) is 0. The minimum atomic E-state index is -1.26. The first-order valence-electron chi connectivity index (χ1n) is 18.6. The maximum atomic E-state index is 14.0. The van der Waals surface area contributed by atoms with Crippen LogP contribution in [0.3, 0.4) is 0 Å². The number of rotatable bonds is 23. The van der Waals surface area contributed by atoms with Crippen molar-refractivity contribution >= 4 is 52.4 Å². The van der Waals surface area contributed by atoms with Crippen LogP contribution in [-0.4, -0.2) is 99.5 Å². The van der Waals surface area contributed by atoms with Crippen molar-refractivity contribution < 1.29 is 43.8 Å². The zero-order valence-electron chi connectivity index (χ0n) is 31.9. The molecule has 3 rings (SSSR count). The molecule has 2 aromatic carbocycles. The largest absolute Gasteiger partial charge is 0.481 e. The highest BCUT2D eigenvalue weighted by Crippen LogP contribution is 2.20. The van der Waals surface area contributed by atoms with Crippen molar-refractivity contribution in [2.24, 2.45) is 17.4 Å². The van der Waals surface area contributed by atoms with E-state index in [4.69, 9.17) is 16.6 Å². The van der Waals surface area contributed by atoms with Gasteiger partial charge in [0.2, 0.25) is 29.5 Å². The van der Waals surface area contributed by atoms with Gasteiger partial charge in [-0.3, -0.25) is 33.6 Å². The zero-order valence-corrected chi connectivity index (χ0v) is 31.9. The highest BCUT2D eigenvalue weighted by molar-refractivity contribution is 5.97. The number of fused-ring (bicyclic) bond motifs is 1. The van der Waals surface area contributed by atoms with E-state index in [2.05, 4.69) is 31.6 Å². The molecule has 6 atom stereocenters. The summed E-state index contributed by atoms with van der Waals surface area (Å²) in [6, 6.07) is 8.88. The molecule has 1 heterocycles. The number of aromatic nitrogens is 1. The average molecular weight is 779 g/mol. The van der Waals surface area contributed by atoms with Crippen LogP contribution in [0.4, 0.5) is 0 Å². The molecular formula is C39H54N8O9. The van der Waals surface area contributed by atoms with E-state index in [0.29, 0.717) is 30.5 Å². The fourth-order valence-corrected chi connectivity index (χ4v) is 5.94. The molecule has 0 saturated carbocycles. The SMILES string of the molecule is CC(C)[C@H](NC(=O)[C@H](Cc1c[nH]c2ccccc12)NC(=O)[C@@H](N)CCC(=O)O)C(=O)N[C@@H](CCCCN)C(=O)N[C@@H](Cc1ccccc1)C(=O)N[C@@H](C)C(=O)O. The van der Waals surface area contributed by atoms with E-state index in [1.165, 1.54) is 6.92 Å². The fraction of sp³-hybridized carbons (Fsp3) is 0.462. The van der Waals surface area contributed by atoms with E-state index in [1.807, 2.05) is 24.3 Å². The lowest BCUT2D eigenvalue weighted by atomic mass is 9.99. The van der Waals surface area contributed by atoms with Gasteiger partial charge in [0, 0.05) is 36.4 Å². The van der Waals surface area contributed by atoms with E-state index >= 15 is 0 Å². The van der Waals surface area contributed by atoms with Crippen molar-refractivity contribution in [1.82, 2.24) is 31.6 Å². The van der Waals surface area contributed by atoms with Gasteiger partial charge >= 0.3 is 11.9 Å². The highest BCUT2D eigenvalue weighted by Gasteiger charge is 2.34. The van der Waals surface area contributed by atoms with Gasteiger partial charge in [-0.05, 0) is 62.3 Å². The normalized spacial score (nSPS) is 14.4. The molecule has 0 aliphatic heterocycles. The lowest BCUT2D eigenvalue weighted by Crippen LogP contribution is -2.60. The van der Waals surface area contributed by atoms with Gasteiger partial charge in [0.05, 0.1) is 6.04 Å². The summed E-state index contributed by atoms with van der Waals surface area (Å²) in [4.78, 5) is 93.8. The van der Waals surface area contributed by atoms with Crippen molar-refractivity contribution in [3.05, 3.63) is 71.9 Å². The summed E-state index contributed by atoms with van der Waals surface area (Å²) in [5.74, 6) is -6.53. The summed E-state index contributed by atoms with van der Waals surface area (Å²) in [6.45, 7) is 4.99. The maximum Gasteiger partial charge on any atom is 0.325 e. The van der Waals surface area contributed by atoms with Crippen LogP contribution in [0.1, 0.15) is 64.0 Å². The van der Waals surface area contributed by atoms with Gasteiger partial charge in [-0.2, -0.15) is 0 Å². The molecule has 0 aliphatic carbocycles. The third kappa shape index (κ3) is 13.8. The number of hydrogen-bond donors (Lipinski definition) is 10. The van der Waals surface area contributed by atoms with E-state index in [1.54, 1.807) is 50.4 Å². The maximum absolute atomic E-state index is 14.0. The molecule has 0 radical (unpaired) electrons. The number of carbonyl (C=O) groups is 7. The molecule has 1 aromatic heterocycles. The van der Waals surface area contributed by atoms with Gasteiger partial charge in [0.1, 0.15) is 30.2 Å². The number of aromatic amines is 1. The fourth-order valence-electron chi connectivity index (χ4n) is 5.94. The van der Waals surface area contributed by atoms with Crippen molar-refractivity contribution in [1.29, 1.82) is 0 Å². The Morgan fingerprint density at radius 2 is 1.27 bits per heavy atom. The quantitative estimate of drug-likeness (QED) is 0.0590. The number of carbonyl (C=O) groups excluding carboxylic acids is 5.